The molecule has 1 heterocycles. The summed E-state index contributed by atoms with van der Waals surface area (Å²) in [6.45, 7) is 3.44. The molecule has 1 N–H and O–H groups in total. The van der Waals surface area contributed by atoms with Crippen molar-refractivity contribution < 1.29 is 0 Å². The molecule has 0 amide bonds. The van der Waals surface area contributed by atoms with Crippen molar-refractivity contribution in [3.63, 3.8) is 0 Å². The number of nitrogens with one attached hydrogen (secondary N) is 1. The van der Waals surface area contributed by atoms with Crippen molar-refractivity contribution in [2.24, 2.45) is 0 Å². The van der Waals surface area contributed by atoms with Gasteiger partial charge < -0.3 is 10.2 Å². The van der Waals surface area contributed by atoms with Crippen molar-refractivity contribution in [2.75, 3.05) is 32.4 Å². The minimum absolute atomic E-state index is 0.618. The van der Waals surface area contributed by atoms with Gasteiger partial charge in [0.25, 0.3) is 0 Å². The monoisotopic (exact) mass is 300 g/mol. The Bertz CT molecular complexity index is 328. The van der Waals surface area contributed by atoms with Crippen LogP contribution in [0.25, 0.3) is 0 Å². The van der Waals surface area contributed by atoms with E-state index >= 15 is 0 Å². The highest BCUT2D eigenvalue weighted by Crippen LogP contribution is 2.21. The summed E-state index contributed by atoms with van der Waals surface area (Å²) in [5, 5.41) is 3.56. The van der Waals surface area contributed by atoms with Gasteiger partial charge in [-0.2, -0.15) is 0 Å². The van der Waals surface area contributed by atoms with Gasteiger partial charge in [0.05, 0.1) is 0 Å². The maximum atomic E-state index is 3.56. The van der Waals surface area contributed by atoms with Crippen molar-refractivity contribution in [3.05, 3.63) is 28.7 Å². The van der Waals surface area contributed by atoms with Gasteiger partial charge in [-0.1, -0.05) is 15.9 Å². The molecule has 1 aliphatic heterocycles. The van der Waals surface area contributed by atoms with E-state index in [1.807, 2.05) is 11.8 Å². The lowest BCUT2D eigenvalue weighted by molar-refractivity contribution is 0.250. The van der Waals surface area contributed by atoms with Crippen LogP contribution in [0, 0.1) is 0 Å². The van der Waals surface area contributed by atoms with Gasteiger partial charge in [0.15, 0.2) is 0 Å². The summed E-state index contributed by atoms with van der Waals surface area (Å²) in [4.78, 5) is 3.74. The molecule has 0 spiro atoms. The zero-order valence-corrected chi connectivity index (χ0v) is 11.9. The van der Waals surface area contributed by atoms with Crippen LogP contribution in [0.15, 0.2) is 33.6 Å². The number of piperazine rings is 1. The van der Waals surface area contributed by atoms with E-state index in [0.717, 1.165) is 23.3 Å². The molecule has 0 bridgehead atoms. The van der Waals surface area contributed by atoms with Gasteiger partial charge in [0.1, 0.15) is 0 Å². The third-order valence-electron chi connectivity index (χ3n) is 2.72. The molecular weight excluding hydrogens is 284 g/mol. The van der Waals surface area contributed by atoms with E-state index in [2.05, 4.69) is 57.5 Å². The molecule has 4 heteroatoms. The highest BCUT2D eigenvalue weighted by Gasteiger charge is 2.15. The van der Waals surface area contributed by atoms with Crippen LogP contribution >= 0.6 is 27.7 Å². The highest BCUT2D eigenvalue weighted by atomic mass is 79.9. The fourth-order valence-corrected chi connectivity index (χ4v) is 3.04. The highest BCUT2D eigenvalue weighted by molar-refractivity contribution is 9.10. The maximum absolute atomic E-state index is 3.56. The Morgan fingerprint density at radius 2 is 2.19 bits per heavy atom. The van der Waals surface area contributed by atoms with Crippen LogP contribution in [0.3, 0.4) is 0 Å². The number of hydrogen-bond donors (Lipinski definition) is 1. The lowest BCUT2D eigenvalue weighted by Crippen LogP contribution is -2.50. The van der Waals surface area contributed by atoms with Crippen molar-refractivity contribution >= 4 is 27.7 Å². The first-order valence-corrected chi connectivity index (χ1v) is 7.32. The minimum atomic E-state index is 0.618. The Balaban J connectivity index is 1.80. The molecule has 1 unspecified atom stereocenters. The van der Waals surface area contributed by atoms with Crippen LogP contribution in [-0.4, -0.2) is 43.4 Å². The van der Waals surface area contributed by atoms with Gasteiger partial charge in [-0.05, 0) is 31.3 Å². The first-order valence-electron chi connectivity index (χ1n) is 5.54. The normalized spacial score (nSPS) is 22.2. The summed E-state index contributed by atoms with van der Waals surface area (Å²) in [5.74, 6) is 1.14. The fraction of sp³-hybridized carbons (Fsp3) is 0.500. The summed E-state index contributed by atoms with van der Waals surface area (Å²) in [5.41, 5.74) is 0. The van der Waals surface area contributed by atoms with E-state index in [-0.39, 0.29) is 0 Å². The van der Waals surface area contributed by atoms with Crippen molar-refractivity contribution in [1.82, 2.24) is 10.2 Å². The summed E-state index contributed by atoms with van der Waals surface area (Å²) in [7, 11) is 2.19. The molecule has 1 aromatic carbocycles. The molecule has 1 aliphatic rings. The molecule has 0 radical (unpaired) electrons. The third-order valence-corrected chi connectivity index (χ3v) is 4.43. The second-order valence-corrected chi connectivity index (χ2v) is 6.19. The molecule has 88 valence electrons. The Morgan fingerprint density at radius 1 is 1.44 bits per heavy atom. The average Bonchev–Trinajstić information content (AvgIpc) is 2.28. The molecular formula is C12H17BrN2S. The van der Waals surface area contributed by atoms with Gasteiger partial charge in [-0.25, -0.2) is 0 Å². The first-order chi connectivity index (χ1) is 7.74. The fourth-order valence-electron chi connectivity index (χ4n) is 1.83. The lowest BCUT2D eigenvalue weighted by Gasteiger charge is -2.30. The third kappa shape index (κ3) is 3.77. The number of nitrogens with zero attached hydrogens (tertiary/aromatic N) is 1. The maximum Gasteiger partial charge on any atom is 0.0289 e. The molecule has 2 nitrogen and oxygen atoms in total. The van der Waals surface area contributed by atoms with E-state index in [1.54, 1.807) is 0 Å². The topological polar surface area (TPSA) is 15.3 Å². The molecule has 0 saturated carbocycles. The summed E-state index contributed by atoms with van der Waals surface area (Å²) >= 11 is 5.38. The Morgan fingerprint density at radius 3 is 2.88 bits per heavy atom. The van der Waals surface area contributed by atoms with E-state index in [4.69, 9.17) is 0 Å². The van der Waals surface area contributed by atoms with E-state index in [9.17, 15) is 0 Å². The summed E-state index contributed by atoms with van der Waals surface area (Å²) in [6, 6.07) is 9.15. The predicted molar refractivity (Wildman–Crippen MR) is 74.2 cm³/mol. The molecule has 2 rings (SSSR count). The van der Waals surface area contributed by atoms with Gasteiger partial charge in [-0.3, -0.25) is 0 Å². The first kappa shape index (κ1) is 12.4. The Labute approximate surface area is 110 Å². The number of thioether (sulfide) groups is 1. The molecule has 0 aliphatic carbocycles. The van der Waals surface area contributed by atoms with Crippen LogP contribution in [0.2, 0.25) is 0 Å². The van der Waals surface area contributed by atoms with Gasteiger partial charge >= 0.3 is 0 Å². The van der Waals surface area contributed by atoms with Crippen LogP contribution in [0.5, 0.6) is 0 Å². The van der Waals surface area contributed by atoms with E-state index in [1.165, 1.54) is 11.4 Å². The molecule has 1 aromatic rings. The number of halogens is 1. The van der Waals surface area contributed by atoms with Crippen LogP contribution in [-0.2, 0) is 0 Å². The number of likely N-dealkylation sites (N-methyl/N-ethyl adjacent to an activating group) is 1. The van der Waals surface area contributed by atoms with Crippen LogP contribution in [0.1, 0.15) is 0 Å². The number of hydrogen-bond acceptors (Lipinski definition) is 3. The summed E-state index contributed by atoms with van der Waals surface area (Å²) < 4.78 is 1.15. The quantitative estimate of drug-likeness (QED) is 0.863. The number of benzene rings is 1. The standard InChI is InChI=1S/C12H17BrN2S/c1-15-7-6-14-11(8-15)9-16-12-4-2-10(13)3-5-12/h2-5,11,14H,6-9H2,1H3. The second-order valence-electron chi connectivity index (χ2n) is 4.18. The van der Waals surface area contributed by atoms with Crippen LogP contribution in [0.4, 0.5) is 0 Å². The van der Waals surface area contributed by atoms with Gasteiger partial charge in [0, 0.05) is 40.8 Å². The van der Waals surface area contributed by atoms with Crippen molar-refractivity contribution in [1.29, 1.82) is 0 Å². The Hall–Kier alpha value is -0.0300. The van der Waals surface area contributed by atoms with E-state index < -0.39 is 0 Å². The predicted octanol–water partition coefficient (Wildman–Crippen LogP) is 2.44. The smallest absolute Gasteiger partial charge is 0.0289 e. The van der Waals surface area contributed by atoms with Gasteiger partial charge in [0.2, 0.25) is 0 Å². The Kier molecular flexibility index (Phi) is 4.70. The molecule has 0 aromatic heterocycles. The lowest BCUT2D eigenvalue weighted by atomic mass is 10.2. The zero-order valence-electron chi connectivity index (χ0n) is 9.45. The van der Waals surface area contributed by atoms with Crippen LogP contribution < -0.4 is 5.32 Å². The van der Waals surface area contributed by atoms with Crippen molar-refractivity contribution in [2.45, 2.75) is 10.9 Å². The average molecular weight is 301 g/mol. The van der Waals surface area contributed by atoms with Gasteiger partial charge in [-0.15, -0.1) is 11.8 Å². The second kappa shape index (κ2) is 6.05. The van der Waals surface area contributed by atoms with E-state index in [0.29, 0.717) is 6.04 Å². The molecule has 1 saturated heterocycles. The molecule has 16 heavy (non-hydrogen) atoms. The summed E-state index contributed by atoms with van der Waals surface area (Å²) in [6.07, 6.45) is 0. The molecule has 1 atom stereocenters. The zero-order chi connectivity index (χ0) is 11.4. The van der Waals surface area contributed by atoms with Crippen molar-refractivity contribution in [3.8, 4) is 0 Å². The number of rotatable bonds is 3. The SMILES string of the molecule is CN1CCNC(CSc2ccc(Br)cc2)C1. The largest absolute Gasteiger partial charge is 0.311 e. The minimum Gasteiger partial charge on any atom is -0.311 e. The molecule has 1 fully saturated rings.